The van der Waals surface area contributed by atoms with Crippen LogP contribution >= 0.6 is 11.6 Å². The van der Waals surface area contributed by atoms with Crippen LogP contribution in [0.25, 0.3) is 17.1 Å². The molecule has 24 heavy (non-hydrogen) atoms. The Morgan fingerprint density at radius 1 is 1.50 bits per heavy atom. The lowest BCUT2D eigenvalue weighted by molar-refractivity contribution is 0.100. The highest BCUT2D eigenvalue weighted by Gasteiger charge is 2.13. The van der Waals surface area contributed by atoms with E-state index >= 15 is 0 Å². The van der Waals surface area contributed by atoms with Gasteiger partial charge in [0.1, 0.15) is 0 Å². The molecule has 2 rings (SSSR count). The van der Waals surface area contributed by atoms with Crippen LogP contribution in [0.2, 0.25) is 0 Å². The van der Waals surface area contributed by atoms with E-state index in [1.165, 1.54) is 7.11 Å². The van der Waals surface area contributed by atoms with Gasteiger partial charge in [-0.25, -0.2) is 4.99 Å². The number of hydrogen-bond donors (Lipinski definition) is 2. The first-order chi connectivity index (χ1) is 11.5. The second-order valence-electron chi connectivity index (χ2n) is 5.32. The van der Waals surface area contributed by atoms with Crippen LogP contribution in [0, 0.1) is 0 Å². The number of aromatic nitrogens is 1. The molecule has 0 atom stereocenters. The van der Waals surface area contributed by atoms with Crippen molar-refractivity contribution >= 4 is 46.6 Å². The third kappa shape index (κ3) is 4.06. The largest absolute Gasteiger partial charge is 0.369 e. The average molecular weight is 350 g/mol. The second kappa shape index (κ2) is 7.85. The van der Waals surface area contributed by atoms with E-state index < -0.39 is 5.91 Å². The quantitative estimate of drug-likeness (QED) is 0.347. The normalized spacial score (nSPS) is 12.1. The van der Waals surface area contributed by atoms with Gasteiger partial charge in [0, 0.05) is 31.9 Å². The summed E-state index contributed by atoms with van der Waals surface area (Å²) in [4.78, 5) is 22.8. The van der Waals surface area contributed by atoms with Gasteiger partial charge in [-0.05, 0) is 18.2 Å². The van der Waals surface area contributed by atoms with Gasteiger partial charge in [0.15, 0.2) is 0 Å². The Morgan fingerprint density at radius 2 is 2.25 bits per heavy atom. The van der Waals surface area contributed by atoms with Crippen LogP contribution in [0.3, 0.4) is 0 Å². The van der Waals surface area contributed by atoms with Crippen molar-refractivity contribution < 1.29 is 9.63 Å². The number of benzene rings is 1. The molecule has 0 unspecified atom stereocenters. The number of hydrogen-bond acceptors (Lipinski definition) is 4. The molecule has 0 saturated heterocycles. The standard InChI is InChI=1S/C16H20ClN5O2/c1-21(2)10-19-11-4-5-15-13(6-11)14(16(18)23)9-22(15)8-12(7-17)20-24-3/h4-6,8-10,20H,7H2,1-3H3,(H2,18,23). The number of primary amides is 1. The van der Waals surface area contributed by atoms with Gasteiger partial charge in [-0.15, -0.1) is 11.6 Å². The molecular weight excluding hydrogens is 330 g/mol. The Bertz CT molecular complexity index is 795. The van der Waals surface area contributed by atoms with Gasteiger partial charge in [0.25, 0.3) is 5.91 Å². The van der Waals surface area contributed by atoms with E-state index in [-0.39, 0.29) is 5.88 Å². The van der Waals surface area contributed by atoms with Crippen LogP contribution in [-0.2, 0) is 4.84 Å². The Balaban J connectivity index is 2.57. The van der Waals surface area contributed by atoms with Crippen LogP contribution in [0.15, 0.2) is 35.1 Å². The fraction of sp³-hybridized carbons (Fsp3) is 0.250. The summed E-state index contributed by atoms with van der Waals surface area (Å²) >= 11 is 5.87. The summed E-state index contributed by atoms with van der Waals surface area (Å²) in [6.07, 6.45) is 5.10. The lowest BCUT2D eigenvalue weighted by Gasteiger charge is -2.06. The lowest BCUT2D eigenvalue weighted by atomic mass is 10.1. The summed E-state index contributed by atoms with van der Waals surface area (Å²) in [6.45, 7) is 0. The molecule has 1 amide bonds. The number of hydroxylamine groups is 1. The Morgan fingerprint density at radius 3 is 2.83 bits per heavy atom. The van der Waals surface area contributed by atoms with Gasteiger partial charge in [0.05, 0.1) is 41.8 Å². The minimum Gasteiger partial charge on any atom is -0.369 e. The number of rotatable bonds is 7. The summed E-state index contributed by atoms with van der Waals surface area (Å²) in [5.74, 6) is -0.280. The minimum absolute atomic E-state index is 0.227. The zero-order chi connectivity index (χ0) is 17.7. The number of alkyl halides is 1. The average Bonchev–Trinajstić information content (AvgIpc) is 2.90. The summed E-state index contributed by atoms with van der Waals surface area (Å²) in [6, 6.07) is 5.56. The first kappa shape index (κ1) is 17.8. The number of aliphatic imine (C=N–C) groups is 1. The maximum Gasteiger partial charge on any atom is 0.250 e. The van der Waals surface area contributed by atoms with E-state index in [4.69, 9.17) is 22.2 Å². The number of allylic oxidation sites excluding steroid dienone is 1. The summed E-state index contributed by atoms with van der Waals surface area (Å²) in [7, 11) is 5.27. The van der Waals surface area contributed by atoms with Crippen molar-refractivity contribution in [3.05, 3.63) is 35.7 Å². The van der Waals surface area contributed by atoms with Crippen molar-refractivity contribution in [1.29, 1.82) is 0 Å². The number of nitrogens with zero attached hydrogens (tertiary/aromatic N) is 3. The van der Waals surface area contributed by atoms with Gasteiger partial charge < -0.3 is 15.2 Å². The predicted molar refractivity (Wildman–Crippen MR) is 97.4 cm³/mol. The number of nitrogens with two attached hydrogens (primary N) is 1. The summed E-state index contributed by atoms with van der Waals surface area (Å²) < 4.78 is 1.78. The monoisotopic (exact) mass is 349 g/mol. The van der Waals surface area contributed by atoms with Gasteiger partial charge in [-0.1, -0.05) is 0 Å². The van der Waals surface area contributed by atoms with Crippen LogP contribution in [0.5, 0.6) is 0 Å². The molecule has 7 nitrogen and oxygen atoms in total. The second-order valence-corrected chi connectivity index (χ2v) is 5.59. The predicted octanol–water partition coefficient (Wildman–Crippen LogP) is 2.15. The molecule has 1 aromatic heterocycles. The van der Waals surface area contributed by atoms with Gasteiger partial charge in [0.2, 0.25) is 0 Å². The molecule has 0 aliphatic heterocycles. The van der Waals surface area contributed by atoms with E-state index in [2.05, 4.69) is 10.5 Å². The first-order valence-corrected chi connectivity index (χ1v) is 7.70. The molecule has 0 saturated carbocycles. The van der Waals surface area contributed by atoms with Crippen LogP contribution in [0.4, 0.5) is 5.69 Å². The molecule has 0 aliphatic carbocycles. The number of amides is 1. The molecule has 1 heterocycles. The molecule has 0 aliphatic rings. The lowest BCUT2D eigenvalue weighted by Crippen LogP contribution is -2.13. The van der Waals surface area contributed by atoms with Crippen molar-refractivity contribution in [3.8, 4) is 0 Å². The fourth-order valence-electron chi connectivity index (χ4n) is 2.20. The third-order valence-electron chi connectivity index (χ3n) is 3.19. The minimum atomic E-state index is -0.506. The van der Waals surface area contributed by atoms with Crippen LogP contribution in [-0.4, -0.2) is 48.8 Å². The third-order valence-corrected chi connectivity index (χ3v) is 3.48. The van der Waals surface area contributed by atoms with E-state index in [9.17, 15) is 4.79 Å². The molecule has 0 fully saturated rings. The molecule has 3 N–H and O–H groups in total. The van der Waals surface area contributed by atoms with Gasteiger partial charge >= 0.3 is 0 Å². The van der Waals surface area contributed by atoms with E-state index in [0.29, 0.717) is 11.3 Å². The Labute approximate surface area is 145 Å². The SMILES string of the molecule is CONC(=Cn1cc(C(N)=O)c2cc(N=CN(C)C)ccc21)CCl. The fourth-order valence-corrected chi connectivity index (χ4v) is 2.32. The van der Waals surface area contributed by atoms with Gasteiger partial charge in [-0.3, -0.25) is 15.1 Å². The van der Waals surface area contributed by atoms with Crippen molar-refractivity contribution in [3.63, 3.8) is 0 Å². The molecule has 128 valence electrons. The topological polar surface area (TPSA) is 84.9 Å². The number of halogens is 1. The highest BCUT2D eigenvalue weighted by molar-refractivity contribution is 6.19. The van der Waals surface area contributed by atoms with Gasteiger partial charge in [-0.2, -0.15) is 0 Å². The van der Waals surface area contributed by atoms with Crippen molar-refractivity contribution in [2.45, 2.75) is 0 Å². The molecular formula is C16H20ClN5O2. The maximum absolute atomic E-state index is 11.8. The summed E-state index contributed by atoms with van der Waals surface area (Å²) in [5.41, 5.74) is 10.8. The molecule has 8 heteroatoms. The highest BCUT2D eigenvalue weighted by atomic mass is 35.5. The molecule has 2 aromatic rings. The van der Waals surface area contributed by atoms with E-state index in [1.54, 1.807) is 23.3 Å². The molecule has 0 spiro atoms. The maximum atomic E-state index is 11.8. The van der Waals surface area contributed by atoms with Crippen molar-refractivity contribution in [2.24, 2.45) is 10.7 Å². The first-order valence-electron chi connectivity index (χ1n) is 7.17. The van der Waals surface area contributed by atoms with Crippen LogP contribution < -0.4 is 11.2 Å². The van der Waals surface area contributed by atoms with Crippen molar-refractivity contribution in [1.82, 2.24) is 14.9 Å². The number of carbonyl (C=O) groups excluding carboxylic acids is 1. The van der Waals surface area contributed by atoms with E-state index in [1.807, 2.05) is 37.2 Å². The van der Waals surface area contributed by atoms with Crippen molar-refractivity contribution in [2.75, 3.05) is 27.1 Å². The molecule has 1 aromatic carbocycles. The number of nitrogens with one attached hydrogen (secondary N) is 1. The summed E-state index contributed by atoms with van der Waals surface area (Å²) in [5, 5.41) is 0.721. The Kier molecular flexibility index (Phi) is 5.83. The zero-order valence-electron chi connectivity index (χ0n) is 13.8. The van der Waals surface area contributed by atoms with E-state index in [0.717, 1.165) is 16.6 Å². The number of fused-ring (bicyclic) bond motifs is 1. The molecule has 0 radical (unpaired) electrons. The number of carbonyl (C=O) groups is 1. The zero-order valence-corrected chi connectivity index (χ0v) is 14.5. The van der Waals surface area contributed by atoms with Crippen LogP contribution in [0.1, 0.15) is 10.4 Å². The highest BCUT2D eigenvalue weighted by Crippen LogP contribution is 2.26. The smallest absolute Gasteiger partial charge is 0.250 e. The Hall–Kier alpha value is -2.51. The molecule has 0 bridgehead atoms.